The normalized spacial score (nSPS) is 34.1. The molecular weight excluding hydrogens is 276 g/mol. The summed E-state index contributed by atoms with van der Waals surface area (Å²) in [6.07, 6.45) is 1.97. The van der Waals surface area contributed by atoms with Crippen LogP contribution in [0.1, 0.15) is 81.1 Å². The number of hydrogen-bond acceptors (Lipinski definition) is 2. The van der Waals surface area contributed by atoms with E-state index in [1.54, 1.807) is 0 Å². The average molecular weight is 310 g/mol. The minimum Gasteiger partial charge on any atom is -0.387 e. The molecule has 2 rings (SSSR count). The Labute approximate surface area is 136 Å². The first-order chi connectivity index (χ1) is 9.49. The summed E-state index contributed by atoms with van der Waals surface area (Å²) in [5.74, 6) is 0. The van der Waals surface area contributed by atoms with Crippen LogP contribution in [0.5, 0.6) is 0 Å². The van der Waals surface area contributed by atoms with Crippen LogP contribution in [0.25, 0.3) is 0 Å². The molecule has 0 saturated carbocycles. The summed E-state index contributed by atoms with van der Waals surface area (Å²) >= 11 is 0. The van der Waals surface area contributed by atoms with Crippen molar-refractivity contribution < 1.29 is 10.2 Å². The monoisotopic (exact) mass is 310 g/mol. The van der Waals surface area contributed by atoms with Gasteiger partial charge in [0.1, 0.15) is 0 Å². The van der Waals surface area contributed by atoms with Gasteiger partial charge in [0, 0.05) is 22.2 Å². The Balaban J connectivity index is 2.42. The van der Waals surface area contributed by atoms with Crippen LogP contribution in [-0.4, -0.2) is 43.6 Å². The molecule has 4 nitrogen and oxygen atoms in total. The van der Waals surface area contributed by atoms with Gasteiger partial charge in [0.05, 0.1) is 11.2 Å². The van der Waals surface area contributed by atoms with E-state index in [2.05, 4.69) is 0 Å². The molecule has 2 aliphatic rings. The smallest absolute Gasteiger partial charge is 0.0970 e. The first-order valence-corrected chi connectivity index (χ1v) is 8.42. The summed E-state index contributed by atoms with van der Waals surface area (Å²) in [4.78, 5) is 0. The van der Waals surface area contributed by atoms with Gasteiger partial charge in [0.25, 0.3) is 0 Å². The fraction of sp³-hybridized carbons (Fsp3) is 1.00. The molecule has 0 bridgehead atoms. The Hall–Kier alpha value is -0.160. The van der Waals surface area contributed by atoms with Crippen LogP contribution in [0.4, 0.5) is 0 Å². The fourth-order valence-corrected chi connectivity index (χ4v) is 5.44. The Morgan fingerprint density at radius 1 is 0.500 bits per heavy atom. The van der Waals surface area contributed by atoms with Crippen molar-refractivity contribution in [3.63, 3.8) is 0 Å². The summed E-state index contributed by atoms with van der Waals surface area (Å²) in [5.41, 5.74) is -3.62. The van der Waals surface area contributed by atoms with Crippen molar-refractivity contribution in [3.05, 3.63) is 0 Å². The highest BCUT2D eigenvalue weighted by atomic mass is 16.4. The first kappa shape index (κ1) is 18.2. The second-order valence-corrected chi connectivity index (χ2v) is 10.2. The molecule has 2 radical (unpaired) electrons. The van der Waals surface area contributed by atoms with Crippen LogP contribution in [0, 0.1) is 0 Å². The highest BCUT2D eigenvalue weighted by Gasteiger charge is 2.62. The molecule has 0 aromatic heterocycles. The minimum atomic E-state index is -1.13. The lowest BCUT2D eigenvalue weighted by atomic mass is 9.58. The van der Waals surface area contributed by atoms with Gasteiger partial charge in [-0.15, -0.1) is 0 Å². The van der Waals surface area contributed by atoms with Gasteiger partial charge in [-0.2, -0.15) is 0 Å². The Kier molecular flexibility index (Phi) is 3.87. The maximum Gasteiger partial charge on any atom is 0.0970 e. The van der Waals surface area contributed by atoms with E-state index in [1.807, 2.05) is 55.4 Å². The lowest BCUT2D eigenvalue weighted by molar-refractivity contribution is -0.223. The fourth-order valence-electron chi connectivity index (χ4n) is 5.44. The number of piperidine rings is 2. The van der Waals surface area contributed by atoms with Crippen molar-refractivity contribution >= 4 is 0 Å². The second-order valence-electron chi connectivity index (χ2n) is 10.2. The molecule has 2 N–H and O–H groups in total. The standard InChI is InChI=1S/C18H34N2O2/c1-13(2)9-17(21,10-14(3,4)19-13)18(22)11-15(5,6)20-16(7,8)12-18/h21-22H,9-12H2,1-8H3. The van der Waals surface area contributed by atoms with Gasteiger partial charge < -0.3 is 10.2 Å². The third kappa shape index (κ3) is 3.50. The molecule has 0 atom stereocenters. The van der Waals surface area contributed by atoms with Crippen molar-refractivity contribution in [1.29, 1.82) is 0 Å². The summed E-state index contributed by atoms with van der Waals surface area (Å²) in [5, 5.41) is 32.8. The van der Waals surface area contributed by atoms with E-state index in [0.29, 0.717) is 25.7 Å². The summed E-state index contributed by atoms with van der Waals surface area (Å²) in [7, 11) is 0. The number of nitrogens with zero attached hydrogens (tertiary/aromatic N) is 2. The number of rotatable bonds is 1. The van der Waals surface area contributed by atoms with Crippen molar-refractivity contribution in [3.8, 4) is 0 Å². The minimum absolute atomic E-state index is 0.338. The summed E-state index contributed by atoms with van der Waals surface area (Å²) in [6, 6.07) is 0. The van der Waals surface area contributed by atoms with Crippen LogP contribution in [0.15, 0.2) is 0 Å². The molecule has 0 aromatic carbocycles. The Morgan fingerprint density at radius 3 is 0.864 bits per heavy atom. The van der Waals surface area contributed by atoms with Crippen molar-refractivity contribution in [2.45, 2.75) is 114 Å². The zero-order valence-electron chi connectivity index (χ0n) is 15.6. The summed E-state index contributed by atoms with van der Waals surface area (Å²) < 4.78 is 0. The molecule has 4 heteroatoms. The lowest BCUT2D eigenvalue weighted by Crippen LogP contribution is -2.72. The van der Waals surface area contributed by atoms with E-state index in [-0.39, 0.29) is 22.2 Å². The molecule has 2 heterocycles. The van der Waals surface area contributed by atoms with E-state index < -0.39 is 11.2 Å². The van der Waals surface area contributed by atoms with E-state index in [9.17, 15) is 10.2 Å². The Bertz CT molecular complexity index is 378. The van der Waals surface area contributed by atoms with Crippen LogP contribution in [0.3, 0.4) is 0 Å². The number of hydrogen-bond donors (Lipinski definition) is 2. The zero-order valence-corrected chi connectivity index (χ0v) is 15.6. The largest absolute Gasteiger partial charge is 0.387 e. The van der Waals surface area contributed by atoms with Crippen LogP contribution in [-0.2, 0) is 0 Å². The molecule has 2 fully saturated rings. The zero-order chi connectivity index (χ0) is 17.2. The van der Waals surface area contributed by atoms with E-state index in [1.165, 1.54) is 0 Å². The van der Waals surface area contributed by atoms with Gasteiger partial charge in [-0.05, 0) is 81.1 Å². The molecule has 2 aliphatic heterocycles. The van der Waals surface area contributed by atoms with Gasteiger partial charge >= 0.3 is 0 Å². The van der Waals surface area contributed by atoms with Crippen LogP contribution >= 0.6 is 0 Å². The van der Waals surface area contributed by atoms with Gasteiger partial charge in [0.15, 0.2) is 0 Å². The molecular formula is C18H34N2O2. The van der Waals surface area contributed by atoms with Crippen molar-refractivity contribution in [2.24, 2.45) is 0 Å². The van der Waals surface area contributed by atoms with Crippen LogP contribution in [0.2, 0.25) is 0 Å². The van der Waals surface area contributed by atoms with Crippen LogP contribution < -0.4 is 10.6 Å². The Morgan fingerprint density at radius 2 is 0.682 bits per heavy atom. The SMILES string of the molecule is CC1(C)CC(O)(C2(O)CC(C)(C)[N]C(C)(C)C2)CC(C)(C)[N]1. The third-order valence-electron chi connectivity index (χ3n) is 4.98. The first-order valence-electron chi connectivity index (χ1n) is 8.42. The van der Waals surface area contributed by atoms with Gasteiger partial charge in [-0.3, -0.25) is 0 Å². The summed E-state index contributed by atoms with van der Waals surface area (Å²) in [6.45, 7) is 16.4. The highest BCUT2D eigenvalue weighted by molar-refractivity contribution is 5.17. The highest BCUT2D eigenvalue weighted by Crippen LogP contribution is 2.51. The molecule has 0 spiro atoms. The molecule has 0 aliphatic carbocycles. The van der Waals surface area contributed by atoms with Crippen molar-refractivity contribution in [1.82, 2.24) is 10.6 Å². The molecule has 0 aromatic rings. The van der Waals surface area contributed by atoms with E-state index in [0.717, 1.165) is 0 Å². The predicted octanol–water partition coefficient (Wildman–Crippen LogP) is 2.36. The molecule has 0 unspecified atom stereocenters. The quantitative estimate of drug-likeness (QED) is 0.780. The van der Waals surface area contributed by atoms with Gasteiger partial charge in [0.2, 0.25) is 0 Å². The molecule has 128 valence electrons. The third-order valence-corrected chi connectivity index (χ3v) is 4.98. The van der Waals surface area contributed by atoms with Gasteiger partial charge in [-0.25, -0.2) is 10.6 Å². The lowest BCUT2D eigenvalue weighted by Gasteiger charge is -2.60. The maximum absolute atomic E-state index is 11.5. The van der Waals surface area contributed by atoms with Crippen molar-refractivity contribution in [2.75, 3.05) is 0 Å². The molecule has 22 heavy (non-hydrogen) atoms. The average Bonchev–Trinajstić information content (AvgIpc) is 2.02. The van der Waals surface area contributed by atoms with E-state index >= 15 is 0 Å². The number of aliphatic hydroxyl groups is 2. The van der Waals surface area contributed by atoms with E-state index in [4.69, 9.17) is 10.6 Å². The second kappa shape index (κ2) is 4.69. The predicted molar refractivity (Wildman–Crippen MR) is 89.0 cm³/mol. The topological polar surface area (TPSA) is 68.7 Å². The molecule has 2 saturated heterocycles. The molecule has 0 amide bonds. The maximum atomic E-state index is 11.5. The van der Waals surface area contributed by atoms with Gasteiger partial charge in [-0.1, -0.05) is 0 Å².